The minimum atomic E-state index is 0.543. The van der Waals surface area contributed by atoms with Crippen LogP contribution in [0.1, 0.15) is 12.5 Å². The fourth-order valence-electron chi connectivity index (χ4n) is 2.11. The third-order valence-corrected chi connectivity index (χ3v) is 4.02. The Bertz CT molecular complexity index is 541. The molecule has 0 aliphatic rings. The summed E-state index contributed by atoms with van der Waals surface area (Å²) in [5.74, 6) is 2.05. The molecule has 0 aliphatic heterocycles. The first-order valence-corrected chi connectivity index (χ1v) is 7.91. The Balaban J connectivity index is 2.09. The average molecular weight is 275 g/mol. The van der Waals surface area contributed by atoms with E-state index in [9.17, 15) is 0 Å². The molecule has 102 valence electrons. The molecule has 0 aliphatic carbocycles. The highest BCUT2D eigenvalue weighted by Gasteiger charge is 2.02. The van der Waals surface area contributed by atoms with Crippen LogP contribution >= 0.6 is 11.8 Å². The summed E-state index contributed by atoms with van der Waals surface area (Å²) < 4.78 is 5.24. The number of benzene rings is 2. The quantitative estimate of drug-likeness (QED) is 0.869. The Morgan fingerprint density at radius 1 is 1.16 bits per heavy atom. The predicted molar refractivity (Wildman–Crippen MR) is 85.2 cm³/mol. The SMILES string of the molecule is COc1ccc2cc(CNC(C)CSC)ccc2c1. The minimum absolute atomic E-state index is 0.543. The van der Waals surface area contributed by atoms with E-state index in [4.69, 9.17) is 4.74 Å². The zero-order valence-corrected chi connectivity index (χ0v) is 12.6. The fourth-order valence-corrected chi connectivity index (χ4v) is 2.73. The summed E-state index contributed by atoms with van der Waals surface area (Å²) in [6, 6.07) is 13.3. The number of rotatable bonds is 6. The zero-order chi connectivity index (χ0) is 13.7. The first-order chi connectivity index (χ1) is 9.22. The molecule has 1 unspecified atom stereocenters. The molecule has 3 heteroatoms. The van der Waals surface area contributed by atoms with E-state index >= 15 is 0 Å². The van der Waals surface area contributed by atoms with Gasteiger partial charge in [0.25, 0.3) is 0 Å². The van der Waals surface area contributed by atoms with Gasteiger partial charge in [-0.1, -0.05) is 18.2 Å². The van der Waals surface area contributed by atoms with Gasteiger partial charge in [0.1, 0.15) is 5.75 Å². The molecule has 2 aromatic rings. The molecule has 0 saturated heterocycles. The summed E-state index contributed by atoms with van der Waals surface area (Å²) in [5, 5.41) is 6.03. The Labute approximate surface area is 119 Å². The van der Waals surface area contributed by atoms with Crippen molar-refractivity contribution < 1.29 is 4.74 Å². The van der Waals surface area contributed by atoms with Gasteiger partial charge in [-0.2, -0.15) is 11.8 Å². The van der Waals surface area contributed by atoms with Gasteiger partial charge in [0.05, 0.1) is 7.11 Å². The van der Waals surface area contributed by atoms with Crippen LogP contribution in [0.4, 0.5) is 0 Å². The van der Waals surface area contributed by atoms with Crippen molar-refractivity contribution in [3.63, 3.8) is 0 Å². The number of thioether (sulfide) groups is 1. The molecule has 0 heterocycles. The number of hydrogen-bond donors (Lipinski definition) is 1. The van der Waals surface area contributed by atoms with Crippen molar-refractivity contribution >= 4 is 22.5 Å². The van der Waals surface area contributed by atoms with E-state index in [2.05, 4.69) is 48.8 Å². The molecule has 0 bridgehead atoms. The van der Waals surface area contributed by atoms with Gasteiger partial charge in [-0.15, -0.1) is 0 Å². The predicted octanol–water partition coefficient (Wildman–Crippen LogP) is 3.69. The van der Waals surface area contributed by atoms with Crippen LogP contribution in [0, 0.1) is 0 Å². The van der Waals surface area contributed by atoms with E-state index < -0.39 is 0 Å². The summed E-state index contributed by atoms with van der Waals surface area (Å²) in [7, 11) is 1.70. The lowest BCUT2D eigenvalue weighted by atomic mass is 10.1. The second kappa shape index (κ2) is 6.83. The van der Waals surface area contributed by atoms with Crippen LogP contribution in [0.25, 0.3) is 10.8 Å². The number of nitrogens with one attached hydrogen (secondary N) is 1. The molecule has 2 rings (SSSR count). The second-order valence-electron chi connectivity index (χ2n) is 4.78. The summed E-state index contributed by atoms with van der Waals surface area (Å²) in [6.07, 6.45) is 2.14. The number of ether oxygens (including phenoxy) is 1. The average Bonchev–Trinajstić information content (AvgIpc) is 2.44. The van der Waals surface area contributed by atoms with Gasteiger partial charge in [0.15, 0.2) is 0 Å². The van der Waals surface area contributed by atoms with Gasteiger partial charge in [-0.05, 0) is 47.7 Å². The van der Waals surface area contributed by atoms with Gasteiger partial charge < -0.3 is 10.1 Å². The van der Waals surface area contributed by atoms with Crippen molar-refractivity contribution in [2.24, 2.45) is 0 Å². The van der Waals surface area contributed by atoms with E-state index in [0.717, 1.165) is 18.0 Å². The molecule has 2 aromatic carbocycles. The van der Waals surface area contributed by atoms with E-state index in [1.807, 2.05) is 17.8 Å². The molecular formula is C16H21NOS. The summed E-state index contributed by atoms with van der Waals surface area (Å²) in [6.45, 7) is 3.14. The molecule has 1 atom stereocenters. The molecule has 0 saturated carbocycles. The summed E-state index contributed by atoms with van der Waals surface area (Å²) >= 11 is 1.88. The third-order valence-electron chi connectivity index (χ3n) is 3.18. The minimum Gasteiger partial charge on any atom is -0.497 e. The van der Waals surface area contributed by atoms with Gasteiger partial charge in [0.2, 0.25) is 0 Å². The van der Waals surface area contributed by atoms with Crippen LogP contribution in [-0.4, -0.2) is 25.2 Å². The highest BCUT2D eigenvalue weighted by atomic mass is 32.2. The number of fused-ring (bicyclic) bond motifs is 1. The van der Waals surface area contributed by atoms with Crippen LogP contribution in [0.3, 0.4) is 0 Å². The smallest absolute Gasteiger partial charge is 0.119 e. The molecule has 0 radical (unpaired) electrons. The van der Waals surface area contributed by atoms with E-state index in [1.54, 1.807) is 7.11 Å². The lowest BCUT2D eigenvalue weighted by molar-refractivity contribution is 0.415. The van der Waals surface area contributed by atoms with Crippen LogP contribution in [0.2, 0.25) is 0 Å². The Morgan fingerprint density at radius 2 is 1.89 bits per heavy atom. The molecule has 1 N–H and O–H groups in total. The van der Waals surface area contributed by atoms with Crippen LogP contribution in [0.5, 0.6) is 5.75 Å². The second-order valence-corrected chi connectivity index (χ2v) is 5.70. The van der Waals surface area contributed by atoms with Crippen LogP contribution in [0.15, 0.2) is 36.4 Å². The zero-order valence-electron chi connectivity index (χ0n) is 11.8. The van der Waals surface area contributed by atoms with E-state index in [0.29, 0.717) is 6.04 Å². The molecule has 0 spiro atoms. The maximum Gasteiger partial charge on any atom is 0.119 e. The van der Waals surface area contributed by atoms with Gasteiger partial charge >= 0.3 is 0 Å². The van der Waals surface area contributed by atoms with Gasteiger partial charge in [-0.3, -0.25) is 0 Å². The standard InChI is InChI=1S/C16H21NOS/c1-12(11-19-3)17-10-13-4-5-15-9-16(18-2)7-6-14(15)8-13/h4-9,12,17H,10-11H2,1-3H3. The van der Waals surface area contributed by atoms with Crippen molar-refractivity contribution in [3.8, 4) is 5.75 Å². The van der Waals surface area contributed by atoms with Crippen molar-refractivity contribution in [2.45, 2.75) is 19.5 Å². The summed E-state index contributed by atoms with van der Waals surface area (Å²) in [4.78, 5) is 0. The molecule has 19 heavy (non-hydrogen) atoms. The number of hydrogen-bond acceptors (Lipinski definition) is 3. The fraction of sp³-hybridized carbons (Fsp3) is 0.375. The maximum atomic E-state index is 5.24. The van der Waals surface area contributed by atoms with E-state index in [-0.39, 0.29) is 0 Å². The molecule has 0 aromatic heterocycles. The van der Waals surface area contributed by atoms with Crippen molar-refractivity contribution in [1.29, 1.82) is 0 Å². The maximum absolute atomic E-state index is 5.24. The highest BCUT2D eigenvalue weighted by Crippen LogP contribution is 2.21. The van der Waals surface area contributed by atoms with Crippen molar-refractivity contribution in [1.82, 2.24) is 5.32 Å². The monoisotopic (exact) mass is 275 g/mol. The van der Waals surface area contributed by atoms with E-state index in [1.165, 1.54) is 16.3 Å². The molecule has 0 amide bonds. The molecule has 0 fully saturated rings. The first-order valence-electron chi connectivity index (χ1n) is 6.52. The highest BCUT2D eigenvalue weighted by molar-refractivity contribution is 7.98. The Hall–Kier alpha value is -1.19. The topological polar surface area (TPSA) is 21.3 Å². The van der Waals surface area contributed by atoms with Gasteiger partial charge in [0, 0.05) is 18.3 Å². The molecule has 2 nitrogen and oxygen atoms in total. The normalized spacial score (nSPS) is 12.6. The number of methoxy groups -OCH3 is 1. The van der Waals surface area contributed by atoms with Crippen LogP contribution in [-0.2, 0) is 6.54 Å². The van der Waals surface area contributed by atoms with Gasteiger partial charge in [-0.25, -0.2) is 0 Å². The third kappa shape index (κ3) is 3.88. The van der Waals surface area contributed by atoms with Crippen molar-refractivity contribution in [3.05, 3.63) is 42.0 Å². The molecular weight excluding hydrogens is 254 g/mol. The Kier molecular flexibility index (Phi) is 5.11. The summed E-state index contributed by atoms with van der Waals surface area (Å²) in [5.41, 5.74) is 1.32. The largest absolute Gasteiger partial charge is 0.497 e. The lowest BCUT2D eigenvalue weighted by Gasteiger charge is -2.12. The lowest BCUT2D eigenvalue weighted by Crippen LogP contribution is -2.27. The van der Waals surface area contributed by atoms with Crippen molar-refractivity contribution in [2.75, 3.05) is 19.1 Å². The first kappa shape index (κ1) is 14.2. The van der Waals surface area contributed by atoms with Crippen LogP contribution < -0.4 is 10.1 Å². The Morgan fingerprint density at radius 3 is 2.63 bits per heavy atom.